The van der Waals surface area contributed by atoms with Crippen molar-refractivity contribution < 1.29 is 9.53 Å². The Morgan fingerprint density at radius 2 is 2.02 bits per heavy atom. The first-order chi connectivity index (χ1) is 19.2. The van der Waals surface area contributed by atoms with Gasteiger partial charge in [0, 0.05) is 36.1 Å². The fourth-order valence-corrected chi connectivity index (χ4v) is 5.54. The molecule has 4 aromatic rings. The molecule has 5 heterocycles. The van der Waals surface area contributed by atoms with E-state index in [9.17, 15) is 4.79 Å². The molecule has 6 rings (SSSR count). The summed E-state index contributed by atoms with van der Waals surface area (Å²) in [6.45, 7) is 9.27. The van der Waals surface area contributed by atoms with Crippen LogP contribution < -0.4 is 10.6 Å². The third-order valence-corrected chi connectivity index (χ3v) is 7.67. The minimum absolute atomic E-state index is 0.423. The maximum Gasteiger partial charge on any atom is 0.408 e. The van der Waals surface area contributed by atoms with Gasteiger partial charge in [0.25, 0.3) is 0 Å². The largest absolute Gasteiger partial charge is 0.444 e. The van der Waals surface area contributed by atoms with Crippen molar-refractivity contribution in [2.75, 3.05) is 13.1 Å². The second-order valence-electron chi connectivity index (χ2n) is 12.0. The predicted molar refractivity (Wildman–Crippen MR) is 154 cm³/mol. The van der Waals surface area contributed by atoms with E-state index in [1.54, 1.807) is 0 Å². The van der Waals surface area contributed by atoms with Crippen molar-refractivity contribution in [1.82, 2.24) is 35.4 Å². The van der Waals surface area contributed by atoms with Gasteiger partial charge in [-0.05, 0) is 94.7 Å². The van der Waals surface area contributed by atoms with Crippen LogP contribution in [0.1, 0.15) is 76.1 Å². The number of alkyl carbamates (subject to hydrolysis) is 1. The highest BCUT2D eigenvalue weighted by Crippen LogP contribution is 2.45. The van der Waals surface area contributed by atoms with Gasteiger partial charge in [-0.1, -0.05) is 13.0 Å². The van der Waals surface area contributed by atoms with Gasteiger partial charge in [0.1, 0.15) is 5.60 Å². The summed E-state index contributed by atoms with van der Waals surface area (Å²) in [7, 11) is 0. The Morgan fingerprint density at radius 1 is 1.18 bits per heavy atom. The fourth-order valence-electron chi connectivity index (χ4n) is 5.54. The lowest BCUT2D eigenvalue weighted by Crippen LogP contribution is -2.57. The summed E-state index contributed by atoms with van der Waals surface area (Å²) in [5, 5.41) is 12.4. The Labute approximate surface area is 234 Å². The standard InChI is InChI=1S/C31H37N7O2/c1-5-20-13-22(16-33-15-20)25-14-26-23(17-34-25)18-35-38(26)27-10-9-24(21-7-8-21)28(36-27)31(11-6-12-32-19-31)37-29(39)40-30(2,3)4/h9-10,13-18,21,32H,5-8,11-12,19H2,1-4H3,(H,37,39)/t31-/m0/s1. The smallest absolute Gasteiger partial charge is 0.408 e. The summed E-state index contributed by atoms with van der Waals surface area (Å²) >= 11 is 0. The van der Waals surface area contributed by atoms with E-state index in [0.717, 1.165) is 66.5 Å². The third kappa shape index (κ3) is 5.30. The van der Waals surface area contributed by atoms with Crippen LogP contribution in [0.15, 0.2) is 49.1 Å². The number of amides is 1. The highest BCUT2D eigenvalue weighted by Gasteiger charge is 2.42. The summed E-state index contributed by atoms with van der Waals surface area (Å²) in [5.41, 5.74) is 4.74. The number of hydrogen-bond donors (Lipinski definition) is 2. The van der Waals surface area contributed by atoms with E-state index in [1.807, 2.05) is 62.4 Å². The Balaban J connectivity index is 1.44. The van der Waals surface area contributed by atoms with Crippen LogP contribution >= 0.6 is 0 Å². The third-order valence-electron chi connectivity index (χ3n) is 7.67. The van der Waals surface area contributed by atoms with E-state index in [4.69, 9.17) is 14.8 Å². The average molecular weight is 540 g/mol. The van der Waals surface area contributed by atoms with E-state index in [1.165, 1.54) is 11.1 Å². The molecule has 1 atom stereocenters. The van der Waals surface area contributed by atoms with Crippen molar-refractivity contribution in [3.05, 3.63) is 65.9 Å². The molecule has 4 aromatic heterocycles. The number of hydrogen-bond acceptors (Lipinski definition) is 7. The van der Waals surface area contributed by atoms with Crippen LogP contribution in [0.2, 0.25) is 0 Å². The topological polar surface area (TPSA) is 107 Å². The van der Waals surface area contributed by atoms with Crippen molar-refractivity contribution in [3.63, 3.8) is 0 Å². The monoisotopic (exact) mass is 539 g/mol. The average Bonchev–Trinajstić information content (AvgIpc) is 3.70. The van der Waals surface area contributed by atoms with Gasteiger partial charge in [0.2, 0.25) is 0 Å². The van der Waals surface area contributed by atoms with E-state index < -0.39 is 17.2 Å². The molecule has 0 radical (unpaired) electrons. The molecule has 2 aliphatic rings. The molecule has 208 valence electrons. The maximum absolute atomic E-state index is 13.1. The first-order valence-corrected chi connectivity index (χ1v) is 14.3. The molecule has 9 heteroatoms. The lowest BCUT2D eigenvalue weighted by atomic mass is 9.83. The van der Waals surface area contributed by atoms with Crippen molar-refractivity contribution in [3.8, 4) is 17.1 Å². The number of pyridine rings is 3. The maximum atomic E-state index is 13.1. The summed E-state index contributed by atoms with van der Waals surface area (Å²) in [6, 6.07) is 8.39. The van der Waals surface area contributed by atoms with Crippen LogP contribution in [0, 0.1) is 0 Å². The number of nitrogens with zero attached hydrogens (tertiary/aromatic N) is 5. The molecular formula is C31H37N7O2. The Kier molecular flexibility index (Phi) is 6.78. The molecule has 0 spiro atoms. The van der Waals surface area contributed by atoms with Crippen LogP contribution in [0.4, 0.5) is 4.79 Å². The van der Waals surface area contributed by atoms with Crippen LogP contribution in [0.25, 0.3) is 28.0 Å². The zero-order valence-electron chi connectivity index (χ0n) is 23.7. The highest BCUT2D eigenvalue weighted by molar-refractivity contribution is 5.83. The van der Waals surface area contributed by atoms with Gasteiger partial charge in [-0.3, -0.25) is 9.97 Å². The molecule has 1 aliphatic heterocycles. The lowest BCUT2D eigenvalue weighted by Gasteiger charge is -2.39. The van der Waals surface area contributed by atoms with Gasteiger partial charge in [-0.2, -0.15) is 5.10 Å². The summed E-state index contributed by atoms with van der Waals surface area (Å²) in [6.07, 6.45) is 11.9. The van der Waals surface area contributed by atoms with Crippen molar-refractivity contribution >= 4 is 17.0 Å². The molecule has 1 aliphatic carbocycles. The molecule has 2 fully saturated rings. The molecule has 0 unspecified atom stereocenters. The van der Waals surface area contributed by atoms with Crippen molar-refractivity contribution in [1.29, 1.82) is 0 Å². The molecule has 40 heavy (non-hydrogen) atoms. The van der Waals surface area contributed by atoms with E-state index in [2.05, 4.69) is 39.7 Å². The number of aryl methyl sites for hydroxylation is 1. The number of rotatable bonds is 6. The zero-order valence-corrected chi connectivity index (χ0v) is 23.7. The Morgan fingerprint density at radius 3 is 2.75 bits per heavy atom. The van der Waals surface area contributed by atoms with Crippen LogP contribution in [0.3, 0.4) is 0 Å². The van der Waals surface area contributed by atoms with E-state index in [-0.39, 0.29) is 0 Å². The minimum atomic E-state index is -0.670. The number of ether oxygens (including phenoxy) is 1. The molecule has 0 bridgehead atoms. The van der Waals surface area contributed by atoms with Gasteiger partial charge in [0.05, 0.1) is 28.6 Å². The zero-order chi connectivity index (χ0) is 27.9. The fraction of sp³-hybridized carbons (Fsp3) is 0.452. The molecule has 0 aromatic carbocycles. The molecule has 1 saturated heterocycles. The summed E-state index contributed by atoms with van der Waals surface area (Å²) in [4.78, 5) is 27.4. The molecule has 1 amide bonds. The quantitative estimate of drug-likeness (QED) is 0.337. The minimum Gasteiger partial charge on any atom is -0.444 e. The van der Waals surface area contributed by atoms with Gasteiger partial charge >= 0.3 is 6.09 Å². The number of aromatic nitrogens is 5. The Bertz CT molecular complexity index is 1550. The normalized spacial score (nSPS) is 19.5. The predicted octanol–water partition coefficient (Wildman–Crippen LogP) is 5.42. The first-order valence-electron chi connectivity index (χ1n) is 14.3. The first kappa shape index (κ1) is 26.4. The van der Waals surface area contributed by atoms with Gasteiger partial charge < -0.3 is 15.4 Å². The number of fused-ring (bicyclic) bond motifs is 1. The molecule has 9 nitrogen and oxygen atoms in total. The SMILES string of the molecule is CCc1cncc(-c2cc3c(cn2)cnn3-c2ccc(C3CC3)c([C@]3(NC(=O)OC(C)(C)C)CCCNC3)n2)c1. The molecule has 1 saturated carbocycles. The van der Waals surface area contributed by atoms with Crippen LogP contribution in [-0.2, 0) is 16.7 Å². The Hall–Kier alpha value is -3.85. The van der Waals surface area contributed by atoms with Crippen LogP contribution in [0.5, 0.6) is 0 Å². The highest BCUT2D eigenvalue weighted by atomic mass is 16.6. The van der Waals surface area contributed by atoms with E-state index >= 15 is 0 Å². The van der Waals surface area contributed by atoms with E-state index in [0.29, 0.717) is 18.3 Å². The summed E-state index contributed by atoms with van der Waals surface area (Å²) < 4.78 is 7.57. The second-order valence-corrected chi connectivity index (χ2v) is 12.0. The second kappa shape index (κ2) is 10.3. The number of nitrogens with one attached hydrogen (secondary N) is 2. The van der Waals surface area contributed by atoms with Gasteiger partial charge in [0.15, 0.2) is 5.82 Å². The van der Waals surface area contributed by atoms with Crippen LogP contribution in [-0.4, -0.2) is 49.5 Å². The van der Waals surface area contributed by atoms with Crippen molar-refractivity contribution in [2.45, 2.75) is 76.9 Å². The number of carbonyl (C=O) groups excluding carboxylic acids is 1. The number of piperidine rings is 1. The van der Waals surface area contributed by atoms with Crippen molar-refractivity contribution in [2.24, 2.45) is 0 Å². The number of carbonyl (C=O) groups is 1. The lowest BCUT2D eigenvalue weighted by molar-refractivity contribution is 0.0426. The molecule has 2 N–H and O–H groups in total. The summed E-state index contributed by atoms with van der Waals surface area (Å²) in [5.74, 6) is 1.17. The van der Waals surface area contributed by atoms with Gasteiger partial charge in [-0.15, -0.1) is 0 Å². The molecular weight excluding hydrogens is 502 g/mol. The van der Waals surface area contributed by atoms with Gasteiger partial charge in [-0.25, -0.2) is 14.5 Å².